The lowest BCUT2D eigenvalue weighted by Gasteiger charge is -2.17. The second-order valence-corrected chi connectivity index (χ2v) is 21.7. The predicted molar refractivity (Wildman–Crippen MR) is 360 cm³/mol. The number of fused-ring (bicyclic) bond motifs is 3. The molecule has 0 aliphatic rings. The van der Waals surface area contributed by atoms with Crippen molar-refractivity contribution in [2.75, 3.05) is 0 Å². The Morgan fingerprint density at radius 1 is 0.165 bits per heavy atom. The minimum Gasteiger partial charge on any atom is -0.308 e. The Morgan fingerprint density at radius 2 is 0.363 bits per heavy atom. The first-order valence-corrected chi connectivity index (χ1v) is 29.8. The van der Waals surface area contributed by atoms with Gasteiger partial charge in [0.05, 0.1) is 16.7 Å². The van der Waals surface area contributed by atoms with Crippen LogP contribution in [0.1, 0.15) is 0 Å². The van der Waals surface area contributed by atoms with Crippen LogP contribution in [-0.4, -0.2) is 64.4 Å². The summed E-state index contributed by atoms with van der Waals surface area (Å²) >= 11 is 0. The Bertz CT molecular complexity index is 4900. The fourth-order valence-corrected chi connectivity index (χ4v) is 11.3. The fourth-order valence-electron chi connectivity index (χ4n) is 11.3. The van der Waals surface area contributed by atoms with E-state index in [9.17, 15) is 0 Å². The first kappa shape index (κ1) is 53.7. The van der Waals surface area contributed by atoms with E-state index in [1.54, 1.807) is 0 Å². The number of hydrogen-bond acceptors (Lipinski definition) is 12. The number of hydrogen-bond donors (Lipinski definition) is 0. The Labute approximate surface area is 523 Å². The van der Waals surface area contributed by atoms with Gasteiger partial charge in [0.2, 0.25) is 0 Å². The lowest BCUT2D eigenvalue weighted by molar-refractivity contribution is 1.06. The lowest BCUT2D eigenvalue weighted by atomic mass is 10.0. The van der Waals surface area contributed by atoms with Gasteiger partial charge in [0.1, 0.15) is 0 Å². The van der Waals surface area contributed by atoms with Crippen molar-refractivity contribution in [2.24, 2.45) is 0 Å². The van der Waals surface area contributed by atoms with Crippen LogP contribution in [0.25, 0.3) is 164 Å². The normalized spacial score (nSPS) is 11.3. The molecule has 13 heteroatoms. The minimum absolute atomic E-state index is 0.419. The maximum atomic E-state index is 5.44. The van der Waals surface area contributed by atoms with E-state index in [-0.39, 0.29) is 0 Å². The topological polar surface area (TPSA) is 160 Å². The van der Waals surface area contributed by atoms with Crippen molar-refractivity contribution in [2.45, 2.75) is 0 Å². The molecule has 0 spiro atoms. The van der Waals surface area contributed by atoms with Gasteiger partial charge in [0.15, 0.2) is 69.9 Å². The molecule has 16 rings (SSSR count). The van der Waals surface area contributed by atoms with Crippen LogP contribution in [0.15, 0.2) is 297 Å². The Morgan fingerprint density at radius 3 is 0.604 bits per heavy atom. The van der Waals surface area contributed by atoms with Gasteiger partial charge in [-0.25, -0.2) is 59.8 Å². The van der Waals surface area contributed by atoms with E-state index in [0.717, 1.165) is 83.1 Å². The smallest absolute Gasteiger partial charge is 0.166 e. The van der Waals surface area contributed by atoms with Crippen LogP contribution >= 0.6 is 0 Å². The maximum Gasteiger partial charge on any atom is 0.166 e. The summed E-state index contributed by atoms with van der Waals surface area (Å²) in [7, 11) is 0. The number of nitrogens with zero attached hydrogens (tertiary/aromatic N) is 13. The Kier molecular flexibility index (Phi) is 13.9. The highest BCUT2D eigenvalue weighted by Gasteiger charge is 2.25. The Hall–Kier alpha value is -12.7. The summed E-state index contributed by atoms with van der Waals surface area (Å²) in [5, 5.41) is 1.93. The first-order valence-electron chi connectivity index (χ1n) is 29.8. The lowest BCUT2D eigenvalue weighted by Crippen LogP contribution is -2.05. The van der Waals surface area contributed by atoms with E-state index < -0.39 is 0 Å². The molecule has 426 valence electrons. The standard InChI is InChI=1S/C78H49N13/c1-9-25-50(26-10-1)67-79-68(51-27-11-2-12-28-51)84-75(83-67)58-43-46-64(63(47-58)78-89-73(56-37-21-7-22-38-56)82-74(90-78)57-39-23-8-24-40-57)91-65-48-59(76-85-69(52-29-13-3-14-30-52)80-70(86-76)53-31-15-4-16-32-53)41-44-61(65)62-45-42-60(49-66(62)91)77-87-71(54-33-17-5-18-34-54)81-72(88-77)55-35-19-6-20-36-55/h1-49H. The molecule has 5 heterocycles. The molecule has 13 nitrogen and oxygen atoms in total. The van der Waals surface area contributed by atoms with Crippen molar-refractivity contribution >= 4 is 21.8 Å². The zero-order chi connectivity index (χ0) is 60.5. The molecule has 0 aliphatic heterocycles. The van der Waals surface area contributed by atoms with Crippen molar-refractivity contribution in [1.82, 2.24) is 64.4 Å². The van der Waals surface area contributed by atoms with Crippen LogP contribution in [0.3, 0.4) is 0 Å². The fraction of sp³-hybridized carbons (Fsp3) is 0. The second kappa shape index (κ2) is 23.5. The summed E-state index contributed by atoms with van der Waals surface area (Å²) in [6.07, 6.45) is 0. The van der Waals surface area contributed by atoms with Crippen LogP contribution in [0, 0.1) is 0 Å². The van der Waals surface area contributed by atoms with Crippen LogP contribution in [0.4, 0.5) is 0 Å². The third-order valence-corrected chi connectivity index (χ3v) is 15.8. The van der Waals surface area contributed by atoms with E-state index in [0.29, 0.717) is 81.0 Å². The first-order chi connectivity index (χ1) is 45.1. The molecule has 5 aromatic heterocycles. The summed E-state index contributed by atoms with van der Waals surface area (Å²) in [5.41, 5.74) is 12.2. The van der Waals surface area contributed by atoms with Gasteiger partial charge in [0.25, 0.3) is 0 Å². The van der Waals surface area contributed by atoms with Crippen molar-refractivity contribution in [1.29, 1.82) is 0 Å². The van der Waals surface area contributed by atoms with Crippen molar-refractivity contribution in [3.63, 3.8) is 0 Å². The van der Waals surface area contributed by atoms with Crippen molar-refractivity contribution in [3.05, 3.63) is 297 Å². The summed E-state index contributed by atoms with van der Waals surface area (Å²) in [5.74, 6) is 6.17. The van der Waals surface area contributed by atoms with Gasteiger partial charge in [-0.15, -0.1) is 0 Å². The number of benzene rings is 11. The highest BCUT2D eigenvalue weighted by Crippen LogP contribution is 2.42. The number of rotatable bonds is 13. The van der Waals surface area contributed by atoms with E-state index in [4.69, 9.17) is 59.8 Å². The molecule has 11 aromatic carbocycles. The molecule has 0 N–H and O–H groups in total. The van der Waals surface area contributed by atoms with Gasteiger partial charge in [-0.1, -0.05) is 267 Å². The molecule has 0 saturated heterocycles. The largest absolute Gasteiger partial charge is 0.308 e. The third kappa shape index (κ3) is 10.7. The quantitative estimate of drug-likeness (QED) is 0.108. The Balaban J connectivity index is 0.994. The van der Waals surface area contributed by atoms with Gasteiger partial charge in [-0.3, -0.25) is 0 Å². The average molecular weight is 1170 g/mol. The molecular formula is C78H49N13. The summed E-state index contributed by atoms with van der Waals surface area (Å²) in [6, 6.07) is 99.1. The average Bonchev–Trinajstić information content (AvgIpc) is 1.63. The molecule has 0 unspecified atom stereocenters. The van der Waals surface area contributed by atoms with Crippen molar-refractivity contribution < 1.29 is 0 Å². The molecule has 0 atom stereocenters. The van der Waals surface area contributed by atoms with E-state index >= 15 is 0 Å². The van der Waals surface area contributed by atoms with Crippen LogP contribution < -0.4 is 0 Å². The number of aromatic nitrogens is 13. The molecule has 0 amide bonds. The minimum atomic E-state index is 0.419. The predicted octanol–water partition coefficient (Wildman–Crippen LogP) is 17.5. The SMILES string of the molecule is c1ccc(-c2nc(-c3ccccc3)nc(-c3ccc(-n4c5cc(-c6nc(-c7ccccc7)nc(-c7ccccc7)n6)ccc5c5ccc(-c6nc(-c7ccccc7)nc(-c7ccccc7)n6)cc54)c(-c4nc(-c5ccccc5)nc(-c5ccccc5)n4)c3)n2)cc1. The molecular weight excluding hydrogens is 1120 g/mol. The summed E-state index contributed by atoms with van der Waals surface area (Å²) in [4.78, 5) is 62.6. The van der Waals surface area contributed by atoms with Gasteiger partial charge >= 0.3 is 0 Å². The highest BCUT2D eigenvalue weighted by molar-refractivity contribution is 6.11. The molecule has 0 aliphatic carbocycles. The maximum absolute atomic E-state index is 5.44. The molecule has 0 bridgehead atoms. The zero-order valence-corrected chi connectivity index (χ0v) is 48.6. The summed E-state index contributed by atoms with van der Waals surface area (Å²) in [6.45, 7) is 0. The third-order valence-electron chi connectivity index (χ3n) is 15.8. The molecule has 91 heavy (non-hydrogen) atoms. The van der Waals surface area contributed by atoms with Gasteiger partial charge in [0, 0.05) is 77.5 Å². The zero-order valence-electron chi connectivity index (χ0n) is 48.6. The highest BCUT2D eigenvalue weighted by atomic mass is 15.1. The second-order valence-electron chi connectivity index (χ2n) is 21.7. The summed E-state index contributed by atoms with van der Waals surface area (Å²) < 4.78 is 2.28. The van der Waals surface area contributed by atoms with E-state index in [2.05, 4.69) is 59.2 Å². The van der Waals surface area contributed by atoms with Crippen LogP contribution in [0.5, 0.6) is 0 Å². The molecule has 16 aromatic rings. The van der Waals surface area contributed by atoms with Gasteiger partial charge in [-0.05, 0) is 30.3 Å². The van der Waals surface area contributed by atoms with Gasteiger partial charge in [-0.2, -0.15) is 0 Å². The van der Waals surface area contributed by atoms with Crippen LogP contribution in [-0.2, 0) is 0 Å². The molecule has 0 radical (unpaired) electrons. The van der Waals surface area contributed by atoms with Crippen molar-refractivity contribution in [3.8, 4) is 142 Å². The van der Waals surface area contributed by atoms with Crippen LogP contribution in [0.2, 0.25) is 0 Å². The molecule has 0 saturated carbocycles. The monoisotopic (exact) mass is 1170 g/mol. The van der Waals surface area contributed by atoms with E-state index in [1.807, 2.05) is 243 Å². The van der Waals surface area contributed by atoms with Gasteiger partial charge < -0.3 is 4.57 Å². The molecule has 0 fully saturated rings. The van der Waals surface area contributed by atoms with E-state index in [1.165, 1.54) is 0 Å².